The molecule has 1 aliphatic carbocycles. The molecule has 62 heavy (non-hydrogen) atoms. The van der Waals surface area contributed by atoms with Crippen molar-refractivity contribution in [2.45, 2.75) is 5.41 Å². The molecule has 2 heterocycles. The maximum Gasteiger partial charge on any atom is 0.160 e. The number of furan rings is 1. The van der Waals surface area contributed by atoms with Crippen LogP contribution in [0.15, 0.2) is 235 Å². The first-order valence-electron chi connectivity index (χ1n) is 21.1. The van der Waals surface area contributed by atoms with Gasteiger partial charge in [-0.25, -0.2) is 9.97 Å². The van der Waals surface area contributed by atoms with Gasteiger partial charge in [-0.2, -0.15) is 0 Å². The van der Waals surface area contributed by atoms with Gasteiger partial charge in [-0.15, -0.1) is 0 Å². The Kier molecular flexibility index (Phi) is 8.39. The van der Waals surface area contributed by atoms with Crippen LogP contribution in [0.25, 0.3) is 89.2 Å². The molecule has 3 heteroatoms. The second kappa shape index (κ2) is 14.5. The Balaban J connectivity index is 1.04. The van der Waals surface area contributed by atoms with Gasteiger partial charge in [0.2, 0.25) is 0 Å². The zero-order valence-corrected chi connectivity index (χ0v) is 33.7. The van der Waals surface area contributed by atoms with Crippen molar-refractivity contribution in [3.8, 4) is 67.3 Å². The Hall–Kier alpha value is -8.14. The van der Waals surface area contributed by atoms with Crippen molar-refractivity contribution in [2.24, 2.45) is 0 Å². The number of rotatable bonds is 7. The fraction of sp³-hybridized carbons (Fsp3) is 0.0169. The quantitative estimate of drug-likeness (QED) is 0.161. The van der Waals surface area contributed by atoms with E-state index in [1.807, 2.05) is 30.3 Å². The number of hydrogen-bond acceptors (Lipinski definition) is 3. The fourth-order valence-corrected chi connectivity index (χ4v) is 9.78. The predicted molar refractivity (Wildman–Crippen MR) is 254 cm³/mol. The lowest BCUT2D eigenvalue weighted by atomic mass is 9.67. The molecule has 1 aliphatic rings. The largest absolute Gasteiger partial charge is 0.456 e. The first kappa shape index (κ1) is 35.8. The van der Waals surface area contributed by atoms with Crippen LogP contribution in [0.2, 0.25) is 0 Å². The number of nitrogens with zero attached hydrogens (tertiary/aromatic N) is 2. The third kappa shape index (κ3) is 5.74. The third-order valence-corrected chi connectivity index (χ3v) is 12.6. The van der Waals surface area contributed by atoms with E-state index in [0.717, 1.165) is 61.1 Å². The molecule has 0 unspecified atom stereocenters. The monoisotopic (exact) mass is 790 g/mol. The summed E-state index contributed by atoms with van der Waals surface area (Å²) in [5, 5.41) is 2.16. The van der Waals surface area contributed by atoms with Crippen molar-refractivity contribution in [3.05, 3.63) is 253 Å². The summed E-state index contributed by atoms with van der Waals surface area (Å²) in [4.78, 5) is 10.4. The molecule has 11 aromatic rings. The molecule has 0 saturated heterocycles. The molecule has 0 saturated carbocycles. The van der Waals surface area contributed by atoms with E-state index >= 15 is 0 Å². The minimum atomic E-state index is -0.543. The number of benzene rings is 9. The van der Waals surface area contributed by atoms with E-state index in [1.165, 1.54) is 44.5 Å². The summed E-state index contributed by atoms with van der Waals surface area (Å²) < 4.78 is 6.19. The van der Waals surface area contributed by atoms with Crippen LogP contribution in [0, 0.1) is 0 Å². The lowest BCUT2D eigenvalue weighted by molar-refractivity contribution is 0.669. The predicted octanol–water partition coefficient (Wildman–Crippen LogP) is 15.1. The molecule has 0 aliphatic heterocycles. The van der Waals surface area contributed by atoms with Crippen molar-refractivity contribution in [2.75, 3.05) is 0 Å². The highest BCUT2D eigenvalue weighted by Crippen LogP contribution is 2.59. The minimum Gasteiger partial charge on any atom is -0.456 e. The van der Waals surface area contributed by atoms with E-state index in [9.17, 15) is 0 Å². The second-order valence-electron chi connectivity index (χ2n) is 16.1. The van der Waals surface area contributed by atoms with Gasteiger partial charge in [0, 0.05) is 27.5 Å². The standard InChI is InChI=1S/C59H38N2O/c1-5-17-39(18-6-1)47-28-16-29-51-57(47)49-33-31-42(37-52(49)59(51,45-23-9-3-10-24-45)46-25-11-4-12-26-46)41-21-15-22-43(35-41)53-38-54(61-58(60-53)40-19-7-2-8-20-40)44-32-34-56-50(36-44)48-27-13-14-30-55(48)62-56/h1-38H. The van der Waals surface area contributed by atoms with Gasteiger partial charge in [0.05, 0.1) is 16.8 Å². The number of para-hydroxylation sites is 1. The van der Waals surface area contributed by atoms with Gasteiger partial charge in [-0.3, -0.25) is 0 Å². The molecule has 0 fully saturated rings. The summed E-state index contributed by atoms with van der Waals surface area (Å²) >= 11 is 0. The highest BCUT2D eigenvalue weighted by atomic mass is 16.3. The number of aromatic nitrogens is 2. The third-order valence-electron chi connectivity index (χ3n) is 12.6. The highest BCUT2D eigenvalue weighted by Gasteiger charge is 2.47. The molecule has 0 bridgehead atoms. The summed E-state index contributed by atoms with van der Waals surface area (Å²) in [6.45, 7) is 0. The Morgan fingerprint density at radius 3 is 1.60 bits per heavy atom. The van der Waals surface area contributed by atoms with E-state index in [1.54, 1.807) is 0 Å². The van der Waals surface area contributed by atoms with Gasteiger partial charge < -0.3 is 4.42 Å². The number of hydrogen-bond donors (Lipinski definition) is 0. The topological polar surface area (TPSA) is 38.9 Å². The normalized spacial score (nSPS) is 12.6. The van der Waals surface area contributed by atoms with Gasteiger partial charge in [0.1, 0.15) is 11.2 Å². The molecule has 0 atom stereocenters. The van der Waals surface area contributed by atoms with Crippen LogP contribution in [0.5, 0.6) is 0 Å². The van der Waals surface area contributed by atoms with Crippen LogP contribution in [0.3, 0.4) is 0 Å². The van der Waals surface area contributed by atoms with Crippen LogP contribution in [-0.2, 0) is 5.41 Å². The molecule has 290 valence electrons. The van der Waals surface area contributed by atoms with E-state index in [0.29, 0.717) is 5.82 Å². The average molecular weight is 791 g/mol. The Labute approximate surface area is 360 Å². The van der Waals surface area contributed by atoms with Crippen molar-refractivity contribution >= 4 is 21.9 Å². The molecule has 0 radical (unpaired) electrons. The van der Waals surface area contributed by atoms with E-state index in [4.69, 9.17) is 14.4 Å². The zero-order chi connectivity index (χ0) is 41.0. The van der Waals surface area contributed by atoms with Crippen LogP contribution in [-0.4, -0.2) is 9.97 Å². The molecule has 0 N–H and O–H groups in total. The maximum atomic E-state index is 6.19. The Morgan fingerprint density at radius 2 is 0.871 bits per heavy atom. The first-order chi connectivity index (χ1) is 30.7. The maximum absolute atomic E-state index is 6.19. The van der Waals surface area contributed by atoms with E-state index in [2.05, 4.69) is 200 Å². The smallest absolute Gasteiger partial charge is 0.160 e. The lowest BCUT2D eigenvalue weighted by Gasteiger charge is -2.34. The summed E-state index contributed by atoms with van der Waals surface area (Å²) in [5.74, 6) is 0.681. The zero-order valence-electron chi connectivity index (χ0n) is 33.7. The molecule has 2 aromatic heterocycles. The van der Waals surface area contributed by atoms with Crippen LogP contribution >= 0.6 is 0 Å². The van der Waals surface area contributed by atoms with E-state index in [-0.39, 0.29) is 0 Å². The average Bonchev–Trinajstić information content (AvgIpc) is 3.88. The molecule has 3 nitrogen and oxygen atoms in total. The van der Waals surface area contributed by atoms with Gasteiger partial charge in [-0.05, 0) is 98.1 Å². The molecular formula is C59H38N2O. The molecular weight excluding hydrogens is 753 g/mol. The summed E-state index contributed by atoms with van der Waals surface area (Å²) in [6.07, 6.45) is 0. The second-order valence-corrected chi connectivity index (χ2v) is 16.1. The Morgan fingerprint density at radius 1 is 0.323 bits per heavy atom. The Bertz CT molecular complexity index is 3410. The van der Waals surface area contributed by atoms with E-state index < -0.39 is 5.41 Å². The molecule has 9 aromatic carbocycles. The summed E-state index contributed by atoms with van der Waals surface area (Å²) in [7, 11) is 0. The lowest BCUT2D eigenvalue weighted by Crippen LogP contribution is -2.28. The van der Waals surface area contributed by atoms with Gasteiger partial charge in [0.15, 0.2) is 5.82 Å². The van der Waals surface area contributed by atoms with Crippen molar-refractivity contribution in [1.82, 2.24) is 9.97 Å². The molecule has 0 amide bonds. The summed E-state index contributed by atoms with van der Waals surface area (Å²) in [5.41, 5.74) is 18.2. The van der Waals surface area contributed by atoms with Gasteiger partial charge in [-0.1, -0.05) is 188 Å². The highest BCUT2D eigenvalue weighted by molar-refractivity contribution is 6.06. The SMILES string of the molecule is c1ccc(-c2nc(-c3cccc(-c4ccc5c(c4)C(c4ccccc4)(c4ccccc4)c4cccc(-c6ccccc6)c4-5)c3)cc(-c3ccc4oc5ccccc5c4c3)n2)cc1. The van der Waals surface area contributed by atoms with Crippen LogP contribution in [0.4, 0.5) is 0 Å². The molecule has 12 rings (SSSR count). The number of fused-ring (bicyclic) bond motifs is 6. The van der Waals surface area contributed by atoms with Gasteiger partial charge >= 0.3 is 0 Å². The first-order valence-corrected chi connectivity index (χ1v) is 21.1. The van der Waals surface area contributed by atoms with Crippen molar-refractivity contribution < 1.29 is 4.42 Å². The van der Waals surface area contributed by atoms with Gasteiger partial charge in [0.25, 0.3) is 0 Å². The summed E-state index contributed by atoms with van der Waals surface area (Å²) in [6, 6.07) is 82.5. The van der Waals surface area contributed by atoms with Crippen LogP contribution in [0.1, 0.15) is 22.3 Å². The molecule has 0 spiro atoms. The van der Waals surface area contributed by atoms with Crippen molar-refractivity contribution in [3.63, 3.8) is 0 Å². The van der Waals surface area contributed by atoms with Crippen molar-refractivity contribution in [1.29, 1.82) is 0 Å². The fourth-order valence-electron chi connectivity index (χ4n) is 9.78. The van der Waals surface area contributed by atoms with Crippen LogP contribution < -0.4 is 0 Å². The minimum absolute atomic E-state index is 0.543.